The minimum absolute atomic E-state index is 0.183. The zero-order valence-corrected chi connectivity index (χ0v) is 16.6. The van der Waals surface area contributed by atoms with Crippen molar-refractivity contribution in [2.75, 3.05) is 14.1 Å². The number of phenols is 1. The van der Waals surface area contributed by atoms with Crippen LogP contribution in [0.25, 0.3) is 0 Å². The number of phenolic OH excluding ortho intramolecular Hbond substituents is 1. The van der Waals surface area contributed by atoms with E-state index in [0.29, 0.717) is 5.75 Å². The summed E-state index contributed by atoms with van der Waals surface area (Å²) in [6, 6.07) is 13.7. The van der Waals surface area contributed by atoms with Gasteiger partial charge in [0, 0.05) is 5.56 Å². The van der Waals surface area contributed by atoms with Crippen molar-refractivity contribution in [2.45, 2.75) is 32.7 Å². The van der Waals surface area contributed by atoms with E-state index in [-0.39, 0.29) is 5.41 Å². The number of aromatic hydroxyl groups is 1. The lowest BCUT2D eigenvalue weighted by Crippen LogP contribution is -3.04. The number of hydrogen-bond donors (Lipinski definition) is 2. The molecule has 0 bridgehead atoms. The summed E-state index contributed by atoms with van der Waals surface area (Å²) in [5, 5.41) is 9.35. The van der Waals surface area contributed by atoms with Gasteiger partial charge in [-0.1, -0.05) is 39.0 Å². The second kappa shape index (κ2) is 7.72. The molecular formula is C19H28NO3Si+. The lowest BCUT2D eigenvalue weighted by Gasteiger charge is -2.19. The topological polar surface area (TPSA) is 43.1 Å². The second-order valence-corrected chi connectivity index (χ2v) is 8.14. The van der Waals surface area contributed by atoms with Gasteiger partial charge in [0.2, 0.25) is 0 Å². The Hall–Kier alpha value is -1.98. The fraction of sp³-hybridized carbons (Fsp3) is 0.368. The molecule has 0 saturated heterocycles. The van der Waals surface area contributed by atoms with Gasteiger partial charge < -0.3 is 18.9 Å². The maximum absolute atomic E-state index is 9.35. The summed E-state index contributed by atoms with van der Waals surface area (Å²) in [7, 11) is 3.35. The van der Waals surface area contributed by atoms with E-state index in [1.807, 2.05) is 24.3 Å². The Balaban J connectivity index is 0.000000177. The van der Waals surface area contributed by atoms with Gasteiger partial charge in [0.25, 0.3) is 0 Å². The van der Waals surface area contributed by atoms with Crippen molar-refractivity contribution in [1.29, 1.82) is 0 Å². The van der Waals surface area contributed by atoms with Crippen molar-refractivity contribution in [3.8, 4) is 17.2 Å². The van der Waals surface area contributed by atoms with Crippen LogP contribution >= 0.6 is 0 Å². The number of para-hydroxylation sites is 1. The summed E-state index contributed by atoms with van der Waals surface area (Å²) in [5.74, 6) is 2.24. The van der Waals surface area contributed by atoms with Gasteiger partial charge in [-0.15, -0.1) is 0 Å². The molecule has 1 aliphatic heterocycles. The Morgan fingerprint density at radius 1 is 1.00 bits per heavy atom. The lowest BCUT2D eigenvalue weighted by atomic mass is 9.87. The highest BCUT2D eigenvalue weighted by atomic mass is 28.3. The van der Waals surface area contributed by atoms with Crippen LogP contribution in [0.3, 0.4) is 0 Å². The predicted octanol–water partition coefficient (Wildman–Crippen LogP) is 1.79. The van der Waals surface area contributed by atoms with E-state index in [0.717, 1.165) is 23.6 Å². The van der Waals surface area contributed by atoms with Gasteiger partial charge in [-0.3, -0.25) is 0 Å². The number of quaternary nitrogens is 1. The molecule has 0 amide bonds. The lowest BCUT2D eigenvalue weighted by molar-refractivity contribution is -0.872. The van der Waals surface area contributed by atoms with Crippen molar-refractivity contribution in [1.82, 2.24) is 0 Å². The number of fused-ring (bicyclic) bond motifs is 1. The summed E-state index contributed by atoms with van der Waals surface area (Å²) in [6.45, 7) is 7.46. The second-order valence-electron chi connectivity index (χ2n) is 7.33. The van der Waals surface area contributed by atoms with E-state index in [4.69, 9.17) is 8.85 Å². The molecule has 4 nitrogen and oxygen atoms in total. The molecule has 1 heterocycles. The molecule has 24 heavy (non-hydrogen) atoms. The summed E-state index contributed by atoms with van der Waals surface area (Å²) in [5.41, 5.74) is 2.49. The van der Waals surface area contributed by atoms with Crippen molar-refractivity contribution in [2.24, 2.45) is 0 Å². The van der Waals surface area contributed by atoms with Crippen LogP contribution in [0, 0.1) is 0 Å². The minimum atomic E-state index is -0.770. The average Bonchev–Trinajstić information content (AvgIpc) is 2.96. The first-order chi connectivity index (χ1) is 11.3. The largest absolute Gasteiger partial charge is 0.513 e. The first kappa shape index (κ1) is 18.4. The van der Waals surface area contributed by atoms with Crippen LogP contribution in [0.2, 0.25) is 0 Å². The molecule has 0 unspecified atom stereocenters. The smallest absolute Gasteiger partial charge is 0.427 e. The van der Waals surface area contributed by atoms with Crippen molar-refractivity contribution in [3.05, 3.63) is 53.6 Å². The van der Waals surface area contributed by atoms with E-state index < -0.39 is 10.0 Å². The summed E-state index contributed by atoms with van der Waals surface area (Å²) in [4.78, 5) is 1.31. The monoisotopic (exact) mass is 346 g/mol. The molecule has 0 radical (unpaired) electrons. The van der Waals surface area contributed by atoms with Crippen molar-refractivity contribution < 1.29 is 18.9 Å². The molecule has 3 rings (SSSR count). The Bertz CT molecular complexity index is 681. The van der Waals surface area contributed by atoms with E-state index in [9.17, 15) is 5.11 Å². The van der Waals surface area contributed by atoms with Gasteiger partial charge in [-0.2, -0.15) is 0 Å². The summed E-state index contributed by atoms with van der Waals surface area (Å²) >= 11 is 0. The number of benzene rings is 2. The van der Waals surface area contributed by atoms with Gasteiger partial charge >= 0.3 is 10.0 Å². The van der Waals surface area contributed by atoms with Crippen LogP contribution in [-0.4, -0.2) is 29.2 Å². The molecule has 130 valence electrons. The molecule has 0 aromatic heterocycles. The quantitative estimate of drug-likeness (QED) is 0.815. The van der Waals surface area contributed by atoms with Crippen LogP contribution < -0.4 is 13.8 Å². The SMILES string of the molecule is CC(C)(C)c1ccc2c(c1)O[SiH2]O2.C[NH+](C)Cc1ccccc1O. The van der Waals surface area contributed by atoms with Gasteiger partial charge in [0.15, 0.2) is 0 Å². The standard InChI is InChI=1S/C10H14O2Si.C9H13NO/c1-10(2,3)7-4-5-8-9(6-7)12-13-11-8;1-10(2)7-8-5-3-4-6-9(8)11/h4-6H,13H2,1-3H3;3-6,11H,7H2,1-2H3/p+1. The highest BCUT2D eigenvalue weighted by Gasteiger charge is 2.19. The number of rotatable bonds is 2. The third-order valence-corrected chi connectivity index (χ3v) is 4.63. The Kier molecular flexibility index (Phi) is 5.91. The maximum atomic E-state index is 9.35. The number of nitrogens with one attached hydrogen (secondary N) is 1. The summed E-state index contributed by atoms with van der Waals surface area (Å²) in [6.07, 6.45) is 0. The first-order valence-electron chi connectivity index (χ1n) is 8.23. The van der Waals surface area contributed by atoms with Crippen molar-refractivity contribution >= 4 is 10.0 Å². The molecule has 0 atom stereocenters. The molecule has 2 aromatic rings. The van der Waals surface area contributed by atoms with Crippen molar-refractivity contribution in [3.63, 3.8) is 0 Å². The van der Waals surface area contributed by atoms with Crippen LogP contribution in [0.4, 0.5) is 0 Å². The zero-order chi connectivity index (χ0) is 17.7. The average molecular weight is 347 g/mol. The van der Waals surface area contributed by atoms with Crippen LogP contribution in [-0.2, 0) is 12.0 Å². The van der Waals surface area contributed by atoms with Gasteiger partial charge in [-0.25, -0.2) is 0 Å². The Labute approximate surface area is 147 Å². The third-order valence-electron chi connectivity index (χ3n) is 3.77. The van der Waals surface area contributed by atoms with Gasteiger partial charge in [-0.05, 0) is 35.2 Å². The summed E-state index contributed by atoms with van der Waals surface area (Å²) < 4.78 is 10.8. The van der Waals surface area contributed by atoms with Gasteiger partial charge in [0.05, 0.1) is 14.1 Å². The zero-order valence-electron chi connectivity index (χ0n) is 15.2. The van der Waals surface area contributed by atoms with E-state index in [2.05, 4.69) is 47.0 Å². The third kappa shape index (κ3) is 5.01. The molecule has 1 aliphatic rings. The molecule has 0 spiro atoms. The fourth-order valence-corrected chi connectivity index (χ4v) is 3.18. The maximum Gasteiger partial charge on any atom is 0.427 e. The molecule has 5 heteroatoms. The highest BCUT2D eigenvalue weighted by Crippen LogP contribution is 2.35. The highest BCUT2D eigenvalue weighted by molar-refractivity contribution is 6.22. The number of hydrogen-bond acceptors (Lipinski definition) is 3. The minimum Gasteiger partial charge on any atom is -0.513 e. The first-order valence-corrected chi connectivity index (χ1v) is 9.39. The van der Waals surface area contributed by atoms with E-state index >= 15 is 0 Å². The molecule has 2 N–H and O–H groups in total. The van der Waals surface area contributed by atoms with E-state index in [1.54, 1.807) is 6.07 Å². The Morgan fingerprint density at radius 3 is 2.29 bits per heavy atom. The Morgan fingerprint density at radius 2 is 1.67 bits per heavy atom. The van der Waals surface area contributed by atoms with Crippen LogP contribution in [0.1, 0.15) is 31.9 Å². The molecule has 0 aliphatic carbocycles. The van der Waals surface area contributed by atoms with E-state index in [1.165, 1.54) is 10.5 Å². The molecule has 0 saturated carbocycles. The van der Waals surface area contributed by atoms with Gasteiger partial charge in [0.1, 0.15) is 23.8 Å². The predicted molar refractivity (Wildman–Crippen MR) is 99.6 cm³/mol. The van der Waals surface area contributed by atoms with Crippen LogP contribution in [0.15, 0.2) is 42.5 Å². The normalized spacial score (nSPS) is 13.8. The van der Waals surface area contributed by atoms with Crippen LogP contribution in [0.5, 0.6) is 17.2 Å². The molecular weight excluding hydrogens is 318 g/mol. The molecule has 2 aromatic carbocycles. The fourth-order valence-electron chi connectivity index (χ4n) is 2.40. The molecule has 0 fully saturated rings.